The molecule has 17 heavy (non-hydrogen) atoms. The Bertz CT molecular complexity index is 377. The number of hydrogen-bond donors (Lipinski definition) is 1. The second-order valence-electron chi connectivity index (χ2n) is 5.59. The molecule has 2 nitrogen and oxygen atoms in total. The molecule has 1 fully saturated rings. The molecule has 2 atom stereocenters. The monoisotopic (exact) mass is 232 g/mol. The van der Waals surface area contributed by atoms with Crippen LogP contribution in [-0.2, 0) is 6.54 Å². The van der Waals surface area contributed by atoms with E-state index in [9.17, 15) is 0 Å². The van der Waals surface area contributed by atoms with Crippen molar-refractivity contribution in [1.29, 1.82) is 0 Å². The summed E-state index contributed by atoms with van der Waals surface area (Å²) in [5, 5.41) is 3.58. The molecule has 94 valence electrons. The van der Waals surface area contributed by atoms with E-state index >= 15 is 0 Å². The average Bonchev–Trinajstić information content (AvgIpc) is 2.21. The van der Waals surface area contributed by atoms with Gasteiger partial charge in [-0.1, -0.05) is 23.8 Å². The standard InChI is InChI=1S/C15H24N2/c1-11-5-6-15(12(2)7-11)10-17-8-13(3)16-14(4)9-17/h5-7,13-14,16H,8-10H2,1-4H3. The third kappa shape index (κ3) is 3.30. The Kier molecular flexibility index (Phi) is 3.85. The highest BCUT2D eigenvalue weighted by Crippen LogP contribution is 2.15. The van der Waals surface area contributed by atoms with Crippen LogP contribution in [0, 0.1) is 13.8 Å². The molecule has 0 spiro atoms. The lowest BCUT2D eigenvalue weighted by Crippen LogP contribution is -2.53. The highest BCUT2D eigenvalue weighted by atomic mass is 15.2. The Morgan fingerprint density at radius 3 is 2.41 bits per heavy atom. The Labute approximate surface area is 105 Å². The van der Waals surface area contributed by atoms with Gasteiger partial charge < -0.3 is 5.32 Å². The van der Waals surface area contributed by atoms with Crippen molar-refractivity contribution in [2.24, 2.45) is 0 Å². The van der Waals surface area contributed by atoms with Crippen molar-refractivity contribution in [2.75, 3.05) is 13.1 Å². The Morgan fingerprint density at radius 1 is 1.18 bits per heavy atom. The Balaban J connectivity index is 2.04. The predicted molar refractivity (Wildman–Crippen MR) is 73.3 cm³/mol. The lowest BCUT2D eigenvalue weighted by atomic mass is 10.0. The van der Waals surface area contributed by atoms with Gasteiger partial charge in [0.25, 0.3) is 0 Å². The van der Waals surface area contributed by atoms with Gasteiger partial charge in [0, 0.05) is 31.7 Å². The fourth-order valence-corrected chi connectivity index (χ4v) is 2.83. The summed E-state index contributed by atoms with van der Waals surface area (Å²) >= 11 is 0. The zero-order valence-electron chi connectivity index (χ0n) is 11.5. The lowest BCUT2D eigenvalue weighted by molar-refractivity contribution is 0.166. The van der Waals surface area contributed by atoms with Crippen LogP contribution in [-0.4, -0.2) is 30.1 Å². The van der Waals surface area contributed by atoms with Crippen LogP contribution >= 0.6 is 0 Å². The van der Waals surface area contributed by atoms with Gasteiger partial charge >= 0.3 is 0 Å². The van der Waals surface area contributed by atoms with Crippen molar-refractivity contribution in [1.82, 2.24) is 10.2 Å². The largest absolute Gasteiger partial charge is 0.309 e. The maximum absolute atomic E-state index is 3.58. The van der Waals surface area contributed by atoms with Crippen LogP contribution in [0.3, 0.4) is 0 Å². The SMILES string of the molecule is Cc1ccc(CN2CC(C)NC(C)C2)c(C)c1. The van der Waals surface area contributed by atoms with E-state index in [4.69, 9.17) is 0 Å². The van der Waals surface area contributed by atoms with Crippen LogP contribution < -0.4 is 5.32 Å². The van der Waals surface area contributed by atoms with Crippen LogP contribution in [0.25, 0.3) is 0 Å². The topological polar surface area (TPSA) is 15.3 Å². The minimum Gasteiger partial charge on any atom is -0.309 e. The fourth-order valence-electron chi connectivity index (χ4n) is 2.83. The highest BCUT2D eigenvalue weighted by molar-refractivity contribution is 5.30. The molecule has 1 saturated heterocycles. The highest BCUT2D eigenvalue weighted by Gasteiger charge is 2.20. The molecule has 2 unspecified atom stereocenters. The van der Waals surface area contributed by atoms with E-state index in [0.29, 0.717) is 12.1 Å². The van der Waals surface area contributed by atoms with E-state index in [2.05, 4.69) is 56.1 Å². The summed E-state index contributed by atoms with van der Waals surface area (Å²) in [7, 11) is 0. The summed E-state index contributed by atoms with van der Waals surface area (Å²) in [6.45, 7) is 12.3. The number of benzene rings is 1. The number of aryl methyl sites for hydroxylation is 2. The molecule has 0 aromatic heterocycles. The zero-order chi connectivity index (χ0) is 12.4. The van der Waals surface area contributed by atoms with E-state index < -0.39 is 0 Å². The molecular weight excluding hydrogens is 208 g/mol. The van der Waals surface area contributed by atoms with E-state index in [1.54, 1.807) is 0 Å². The van der Waals surface area contributed by atoms with Gasteiger partial charge in [-0.3, -0.25) is 4.90 Å². The van der Waals surface area contributed by atoms with Crippen LogP contribution in [0.5, 0.6) is 0 Å². The molecular formula is C15H24N2. The molecule has 2 rings (SSSR count). The summed E-state index contributed by atoms with van der Waals surface area (Å²) < 4.78 is 0. The zero-order valence-corrected chi connectivity index (χ0v) is 11.5. The number of piperazine rings is 1. The van der Waals surface area contributed by atoms with E-state index in [1.807, 2.05) is 0 Å². The van der Waals surface area contributed by atoms with Crippen LogP contribution in [0.1, 0.15) is 30.5 Å². The normalized spacial score (nSPS) is 26.1. The van der Waals surface area contributed by atoms with Crippen LogP contribution in [0.2, 0.25) is 0 Å². The minimum atomic E-state index is 0.601. The Hall–Kier alpha value is -0.860. The lowest BCUT2D eigenvalue weighted by Gasteiger charge is -2.36. The van der Waals surface area contributed by atoms with Crippen molar-refractivity contribution < 1.29 is 0 Å². The second-order valence-corrected chi connectivity index (χ2v) is 5.59. The fraction of sp³-hybridized carbons (Fsp3) is 0.600. The van der Waals surface area contributed by atoms with E-state index in [1.165, 1.54) is 16.7 Å². The van der Waals surface area contributed by atoms with Gasteiger partial charge in [0.1, 0.15) is 0 Å². The molecule has 1 N–H and O–H groups in total. The van der Waals surface area contributed by atoms with Crippen molar-refractivity contribution in [3.05, 3.63) is 34.9 Å². The second kappa shape index (κ2) is 5.19. The van der Waals surface area contributed by atoms with Gasteiger partial charge in [-0.25, -0.2) is 0 Å². The summed E-state index contributed by atoms with van der Waals surface area (Å²) in [6, 6.07) is 7.98. The number of nitrogens with one attached hydrogen (secondary N) is 1. The minimum absolute atomic E-state index is 0.601. The molecule has 1 aromatic carbocycles. The van der Waals surface area contributed by atoms with Gasteiger partial charge in [0.15, 0.2) is 0 Å². The molecule has 2 heteroatoms. The molecule has 1 heterocycles. The van der Waals surface area contributed by atoms with Crippen molar-refractivity contribution >= 4 is 0 Å². The third-order valence-corrected chi connectivity index (χ3v) is 3.53. The van der Waals surface area contributed by atoms with Gasteiger partial charge in [0.05, 0.1) is 0 Å². The average molecular weight is 232 g/mol. The summed E-state index contributed by atoms with van der Waals surface area (Å²) in [5.74, 6) is 0. The van der Waals surface area contributed by atoms with Gasteiger partial charge in [-0.15, -0.1) is 0 Å². The van der Waals surface area contributed by atoms with Crippen LogP contribution in [0.15, 0.2) is 18.2 Å². The first-order chi connectivity index (χ1) is 8.04. The number of rotatable bonds is 2. The van der Waals surface area contributed by atoms with Crippen molar-refractivity contribution in [3.8, 4) is 0 Å². The van der Waals surface area contributed by atoms with Crippen molar-refractivity contribution in [2.45, 2.75) is 46.3 Å². The van der Waals surface area contributed by atoms with Crippen molar-refractivity contribution in [3.63, 3.8) is 0 Å². The molecule has 1 aliphatic heterocycles. The number of hydrogen-bond acceptors (Lipinski definition) is 2. The molecule has 1 aliphatic rings. The molecule has 0 saturated carbocycles. The smallest absolute Gasteiger partial charge is 0.0237 e. The number of nitrogens with zero attached hydrogens (tertiary/aromatic N) is 1. The predicted octanol–water partition coefficient (Wildman–Crippen LogP) is 2.49. The van der Waals surface area contributed by atoms with Crippen LogP contribution in [0.4, 0.5) is 0 Å². The first kappa shape index (κ1) is 12.6. The van der Waals surface area contributed by atoms with Gasteiger partial charge in [-0.2, -0.15) is 0 Å². The quantitative estimate of drug-likeness (QED) is 0.843. The molecule has 0 bridgehead atoms. The molecule has 0 radical (unpaired) electrons. The van der Waals surface area contributed by atoms with Gasteiger partial charge in [-0.05, 0) is 38.8 Å². The van der Waals surface area contributed by atoms with E-state index in [-0.39, 0.29) is 0 Å². The van der Waals surface area contributed by atoms with E-state index in [0.717, 1.165) is 19.6 Å². The maximum atomic E-state index is 3.58. The summed E-state index contributed by atoms with van der Waals surface area (Å²) in [5.41, 5.74) is 4.24. The third-order valence-electron chi connectivity index (χ3n) is 3.53. The van der Waals surface area contributed by atoms with Gasteiger partial charge in [0.2, 0.25) is 0 Å². The summed E-state index contributed by atoms with van der Waals surface area (Å²) in [6.07, 6.45) is 0. The first-order valence-corrected chi connectivity index (χ1v) is 6.59. The summed E-state index contributed by atoms with van der Waals surface area (Å²) in [4.78, 5) is 2.56. The molecule has 0 amide bonds. The first-order valence-electron chi connectivity index (χ1n) is 6.59. The molecule has 0 aliphatic carbocycles. The Morgan fingerprint density at radius 2 is 1.82 bits per heavy atom. The maximum Gasteiger partial charge on any atom is 0.0237 e. The molecule has 1 aromatic rings.